The molecule has 1 atom stereocenters. The van der Waals surface area contributed by atoms with Gasteiger partial charge in [0.05, 0.1) is 6.61 Å². The number of carbonyl (C=O) groups is 1. The van der Waals surface area contributed by atoms with Crippen molar-refractivity contribution in [1.29, 1.82) is 0 Å². The quantitative estimate of drug-likeness (QED) is 0.735. The number of hydrogen-bond donors (Lipinski definition) is 2. The minimum atomic E-state index is -1.41. The Bertz CT molecular complexity index is 254. The molecule has 0 aromatic heterocycles. The van der Waals surface area contributed by atoms with Gasteiger partial charge in [-0.15, -0.1) is 0 Å². The fraction of sp³-hybridized carbons (Fsp3) is 0.923. The van der Waals surface area contributed by atoms with E-state index in [-0.39, 0.29) is 0 Å². The van der Waals surface area contributed by atoms with Crippen molar-refractivity contribution in [2.24, 2.45) is 11.8 Å². The highest BCUT2D eigenvalue weighted by Gasteiger charge is 2.36. The van der Waals surface area contributed by atoms with Gasteiger partial charge in [-0.05, 0) is 44.4 Å². The second-order valence-electron chi connectivity index (χ2n) is 5.65. The van der Waals surface area contributed by atoms with Crippen LogP contribution < -0.4 is 0 Å². The molecule has 17 heavy (non-hydrogen) atoms. The highest BCUT2D eigenvalue weighted by molar-refractivity contribution is 5.74. The van der Waals surface area contributed by atoms with Gasteiger partial charge in [0.15, 0.2) is 6.10 Å². The molecule has 0 aliphatic heterocycles. The number of rotatable bonds is 4. The Balaban J connectivity index is 2.47. The average molecular weight is 244 g/mol. The number of carbonyl (C=O) groups excluding carboxylic acids is 1. The van der Waals surface area contributed by atoms with Gasteiger partial charge in [-0.2, -0.15) is 0 Å². The van der Waals surface area contributed by atoms with Gasteiger partial charge >= 0.3 is 5.97 Å². The van der Waals surface area contributed by atoms with Gasteiger partial charge in [0.25, 0.3) is 0 Å². The van der Waals surface area contributed by atoms with E-state index in [9.17, 15) is 9.90 Å². The molecule has 1 fully saturated rings. The fourth-order valence-corrected chi connectivity index (χ4v) is 2.40. The number of aliphatic hydroxyl groups excluding tert-OH is 2. The van der Waals surface area contributed by atoms with Crippen molar-refractivity contribution < 1.29 is 19.7 Å². The molecule has 2 N–H and O–H groups in total. The van der Waals surface area contributed by atoms with Crippen molar-refractivity contribution in [3.8, 4) is 0 Å². The Morgan fingerprint density at radius 3 is 2.35 bits per heavy atom. The lowest BCUT2D eigenvalue weighted by Gasteiger charge is -2.38. The molecule has 1 rings (SSSR count). The summed E-state index contributed by atoms with van der Waals surface area (Å²) in [5.41, 5.74) is -0.474. The van der Waals surface area contributed by atoms with E-state index in [2.05, 4.69) is 13.8 Å². The summed E-state index contributed by atoms with van der Waals surface area (Å²) in [6, 6.07) is 0. The third-order valence-corrected chi connectivity index (χ3v) is 3.82. The molecule has 4 heteroatoms. The van der Waals surface area contributed by atoms with E-state index in [0.29, 0.717) is 11.8 Å². The summed E-state index contributed by atoms with van der Waals surface area (Å²) in [6.07, 6.45) is 2.36. The normalized spacial score (nSPS) is 31.3. The number of aliphatic hydroxyl groups is 2. The molecule has 0 radical (unpaired) electrons. The first-order chi connectivity index (χ1) is 7.88. The smallest absolute Gasteiger partial charge is 0.337 e. The Morgan fingerprint density at radius 1 is 1.41 bits per heavy atom. The fourth-order valence-electron chi connectivity index (χ4n) is 2.40. The van der Waals surface area contributed by atoms with Crippen molar-refractivity contribution in [2.45, 2.75) is 58.2 Å². The third-order valence-electron chi connectivity index (χ3n) is 3.82. The van der Waals surface area contributed by atoms with E-state index in [1.165, 1.54) is 0 Å². The van der Waals surface area contributed by atoms with E-state index >= 15 is 0 Å². The Kier molecular flexibility index (Phi) is 4.95. The van der Waals surface area contributed by atoms with Crippen LogP contribution in [-0.2, 0) is 9.53 Å². The summed E-state index contributed by atoms with van der Waals surface area (Å²) in [7, 11) is 0. The summed E-state index contributed by atoms with van der Waals surface area (Å²) in [5, 5.41) is 17.9. The summed E-state index contributed by atoms with van der Waals surface area (Å²) >= 11 is 0. The molecule has 0 aromatic rings. The van der Waals surface area contributed by atoms with Crippen molar-refractivity contribution >= 4 is 5.97 Å². The summed E-state index contributed by atoms with van der Waals surface area (Å²) in [4.78, 5) is 11.4. The van der Waals surface area contributed by atoms with Crippen LogP contribution in [0.2, 0.25) is 0 Å². The van der Waals surface area contributed by atoms with E-state index in [0.717, 1.165) is 25.7 Å². The Morgan fingerprint density at radius 2 is 1.94 bits per heavy atom. The summed E-state index contributed by atoms with van der Waals surface area (Å²) < 4.78 is 5.31. The molecule has 1 saturated carbocycles. The van der Waals surface area contributed by atoms with E-state index in [1.807, 2.05) is 6.92 Å². The lowest BCUT2D eigenvalue weighted by atomic mass is 9.75. The zero-order chi connectivity index (χ0) is 13.1. The van der Waals surface area contributed by atoms with Crippen LogP contribution in [0.5, 0.6) is 0 Å². The molecule has 4 nitrogen and oxygen atoms in total. The minimum Gasteiger partial charge on any atom is -0.457 e. The van der Waals surface area contributed by atoms with Gasteiger partial charge in [-0.1, -0.05) is 13.8 Å². The van der Waals surface area contributed by atoms with E-state index in [1.54, 1.807) is 0 Å². The second kappa shape index (κ2) is 5.83. The van der Waals surface area contributed by atoms with E-state index in [4.69, 9.17) is 9.84 Å². The Labute approximate surface area is 103 Å². The minimum absolute atomic E-state index is 0.474. The van der Waals surface area contributed by atoms with Crippen molar-refractivity contribution in [3.63, 3.8) is 0 Å². The first-order valence-electron chi connectivity index (χ1n) is 6.40. The highest BCUT2D eigenvalue weighted by atomic mass is 16.6. The molecule has 0 heterocycles. The SMILES string of the molecule is CC(C)C1CCC(C)(OC(=O)C(O)CO)CC1. The first-order valence-corrected chi connectivity index (χ1v) is 6.40. The topological polar surface area (TPSA) is 66.8 Å². The molecule has 0 saturated heterocycles. The lowest BCUT2D eigenvalue weighted by Crippen LogP contribution is -2.40. The van der Waals surface area contributed by atoms with Gasteiger partial charge in [-0.3, -0.25) is 0 Å². The van der Waals surface area contributed by atoms with Crippen LogP contribution in [0.4, 0.5) is 0 Å². The van der Waals surface area contributed by atoms with Gasteiger partial charge in [0.2, 0.25) is 0 Å². The molecule has 0 bridgehead atoms. The van der Waals surface area contributed by atoms with Crippen LogP contribution in [0.3, 0.4) is 0 Å². The summed E-state index contributed by atoms with van der Waals surface area (Å²) in [6.45, 7) is 5.76. The van der Waals surface area contributed by atoms with Gasteiger partial charge < -0.3 is 14.9 Å². The van der Waals surface area contributed by atoms with Crippen molar-refractivity contribution in [3.05, 3.63) is 0 Å². The molecule has 100 valence electrons. The lowest BCUT2D eigenvalue weighted by molar-refractivity contribution is -0.174. The molecule has 1 unspecified atom stereocenters. The number of hydrogen-bond acceptors (Lipinski definition) is 4. The number of ether oxygens (including phenoxy) is 1. The monoisotopic (exact) mass is 244 g/mol. The molecule has 0 spiro atoms. The predicted molar refractivity (Wildman–Crippen MR) is 64.4 cm³/mol. The standard InChI is InChI=1S/C13H24O4/c1-9(2)10-4-6-13(3,7-5-10)17-12(16)11(15)8-14/h9-11,14-15H,4-8H2,1-3H3. The molecule has 1 aliphatic rings. The zero-order valence-electron chi connectivity index (χ0n) is 11.0. The molecular weight excluding hydrogens is 220 g/mol. The third kappa shape index (κ3) is 3.96. The van der Waals surface area contributed by atoms with Gasteiger partial charge in [0, 0.05) is 0 Å². The van der Waals surface area contributed by atoms with Crippen LogP contribution in [0, 0.1) is 11.8 Å². The van der Waals surface area contributed by atoms with Crippen molar-refractivity contribution in [2.75, 3.05) is 6.61 Å². The van der Waals surface area contributed by atoms with Crippen molar-refractivity contribution in [1.82, 2.24) is 0 Å². The van der Waals surface area contributed by atoms with Crippen LogP contribution in [0.25, 0.3) is 0 Å². The number of esters is 1. The largest absolute Gasteiger partial charge is 0.457 e. The Hall–Kier alpha value is -0.610. The maximum atomic E-state index is 11.4. The molecule has 0 amide bonds. The molecular formula is C13H24O4. The van der Waals surface area contributed by atoms with Crippen LogP contribution in [-0.4, -0.2) is 34.5 Å². The van der Waals surface area contributed by atoms with Gasteiger partial charge in [-0.25, -0.2) is 4.79 Å². The maximum Gasteiger partial charge on any atom is 0.337 e. The highest BCUT2D eigenvalue weighted by Crippen LogP contribution is 2.37. The van der Waals surface area contributed by atoms with Crippen LogP contribution in [0.15, 0.2) is 0 Å². The summed E-state index contributed by atoms with van der Waals surface area (Å²) in [5.74, 6) is 0.654. The predicted octanol–water partition coefficient (Wildman–Crippen LogP) is 1.49. The average Bonchev–Trinajstić information content (AvgIpc) is 2.27. The second-order valence-corrected chi connectivity index (χ2v) is 5.65. The van der Waals surface area contributed by atoms with Gasteiger partial charge in [0.1, 0.15) is 5.60 Å². The first kappa shape index (κ1) is 14.5. The van der Waals surface area contributed by atoms with Crippen LogP contribution >= 0.6 is 0 Å². The van der Waals surface area contributed by atoms with Crippen LogP contribution in [0.1, 0.15) is 46.5 Å². The van der Waals surface area contributed by atoms with E-state index < -0.39 is 24.3 Å². The molecule has 0 aromatic carbocycles. The molecule has 1 aliphatic carbocycles. The maximum absolute atomic E-state index is 11.4. The zero-order valence-corrected chi connectivity index (χ0v) is 11.0.